The van der Waals surface area contributed by atoms with Crippen molar-refractivity contribution < 1.29 is 38.4 Å². The molecule has 1 N–H and O–H groups in total. The minimum absolute atomic E-state index is 0.131. The van der Waals surface area contributed by atoms with Gasteiger partial charge in [-0.15, -0.1) is 0 Å². The van der Waals surface area contributed by atoms with Gasteiger partial charge in [0.05, 0.1) is 16.7 Å². The van der Waals surface area contributed by atoms with Gasteiger partial charge in [-0.25, -0.2) is 14.4 Å². The third-order valence-corrected chi connectivity index (χ3v) is 5.41. The maximum absolute atomic E-state index is 12.8. The molecule has 8 heteroatoms. The molecule has 0 radical (unpaired) electrons. The van der Waals surface area contributed by atoms with Gasteiger partial charge >= 0.3 is 17.9 Å². The highest BCUT2D eigenvalue weighted by atomic mass is 16.7. The largest absolute Gasteiger partial charge is 0.459 e. The molecule has 0 spiro atoms. The average Bonchev–Trinajstić information content (AvgIpc) is 2.90. The van der Waals surface area contributed by atoms with Gasteiger partial charge < -0.3 is 24.1 Å². The number of aliphatic hydroxyl groups excluding tert-OH is 1. The molecule has 3 aromatic carbocycles. The highest BCUT2D eigenvalue weighted by Crippen LogP contribution is 2.27. The number of carbonyl (C=O) groups excluding carboxylic acids is 3. The molecular formula is C27H24O8. The highest BCUT2D eigenvalue weighted by Gasteiger charge is 2.44. The van der Waals surface area contributed by atoms with Gasteiger partial charge in [0.15, 0.2) is 12.4 Å². The smallest absolute Gasteiger partial charge is 0.338 e. The Morgan fingerprint density at radius 3 is 1.69 bits per heavy atom. The molecule has 1 aliphatic rings. The van der Waals surface area contributed by atoms with Crippen molar-refractivity contribution in [2.24, 2.45) is 0 Å². The quantitative estimate of drug-likeness (QED) is 0.408. The van der Waals surface area contributed by atoms with Gasteiger partial charge in [-0.05, 0) is 36.4 Å². The predicted octanol–water partition coefficient (Wildman–Crippen LogP) is 3.40. The summed E-state index contributed by atoms with van der Waals surface area (Å²) in [4.78, 5) is 38.0. The zero-order valence-corrected chi connectivity index (χ0v) is 18.7. The molecule has 1 aliphatic heterocycles. The predicted molar refractivity (Wildman–Crippen MR) is 124 cm³/mol. The molecule has 0 saturated carbocycles. The summed E-state index contributed by atoms with van der Waals surface area (Å²) < 4.78 is 22.2. The van der Waals surface area contributed by atoms with Crippen molar-refractivity contribution in [3.05, 3.63) is 108 Å². The van der Waals surface area contributed by atoms with Crippen molar-refractivity contribution in [2.45, 2.75) is 31.0 Å². The van der Waals surface area contributed by atoms with Gasteiger partial charge in [0.25, 0.3) is 0 Å². The third-order valence-electron chi connectivity index (χ3n) is 5.41. The van der Waals surface area contributed by atoms with Crippen LogP contribution in [0.25, 0.3) is 0 Å². The van der Waals surface area contributed by atoms with Crippen LogP contribution >= 0.6 is 0 Å². The summed E-state index contributed by atoms with van der Waals surface area (Å²) in [7, 11) is 0. The highest BCUT2D eigenvalue weighted by molar-refractivity contribution is 5.90. The Morgan fingerprint density at radius 2 is 1.17 bits per heavy atom. The molecule has 1 saturated heterocycles. The lowest BCUT2D eigenvalue weighted by Crippen LogP contribution is -2.54. The Bertz CT molecular complexity index is 1130. The van der Waals surface area contributed by atoms with Gasteiger partial charge in [-0.3, -0.25) is 0 Å². The van der Waals surface area contributed by atoms with Crippen molar-refractivity contribution in [2.75, 3.05) is 6.61 Å². The van der Waals surface area contributed by atoms with Gasteiger partial charge in [-0.2, -0.15) is 0 Å². The standard InChI is InChI=1S/C27H24O8/c28-23-16-21(34-26(30)19-12-6-2-7-13-19)24(35-27(31)20-14-8-3-9-15-20)22(33-23)17-32-25(29)18-10-4-1-5-11-18/h1-15,21-24,28H,16-17H2/t21-,22-,23?,24+/m1/s1. The van der Waals surface area contributed by atoms with E-state index in [1.54, 1.807) is 91.0 Å². The lowest BCUT2D eigenvalue weighted by molar-refractivity contribution is -0.239. The Labute approximate surface area is 202 Å². The Kier molecular flexibility index (Phi) is 7.87. The molecule has 0 aliphatic carbocycles. The molecule has 1 fully saturated rings. The summed E-state index contributed by atoms with van der Waals surface area (Å²) in [6.45, 7) is -0.336. The fourth-order valence-corrected chi connectivity index (χ4v) is 3.67. The summed E-state index contributed by atoms with van der Waals surface area (Å²) in [6.07, 6.45) is -4.71. The molecule has 0 amide bonds. The van der Waals surface area contributed by atoms with Gasteiger partial charge in [0.1, 0.15) is 18.8 Å². The van der Waals surface area contributed by atoms with E-state index in [0.717, 1.165) is 0 Å². The van der Waals surface area contributed by atoms with E-state index in [4.69, 9.17) is 18.9 Å². The summed E-state index contributed by atoms with van der Waals surface area (Å²) in [5, 5.41) is 10.3. The molecular weight excluding hydrogens is 452 g/mol. The van der Waals surface area contributed by atoms with Crippen LogP contribution in [-0.2, 0) is 18.9 Å². The van der Waals surface area contributed by atoms with Crippen LogP contribution in [0.3, 0.4) is 0 Å². The SMILES string of the molecule is O=C(OC[C@H]1OC(O)C[C@@H](OC(=O)c2ccccc2)[C@@H]1OC(=O)c1ccccc1)c1ccccc1. The lowest BCUT2D eigenvalue weighted by atomic mass is 10.0. The number of esters is 3. The first-order valence-corrected chi connectivity index (χ1v) is 11.1. The van der Waals surface area contributed by atoms with E-state index in [1.165, 1.54) is 0 Å². The van der Waals surface area contributed by atoms with E-state index in [0.29, 0.717) is 11.1 Å². The van der Waals surface area contributed by atoms with E-state index < -0.39 is 42.5 Å². The Balaban J connectivity index is 1.53. The molecule has 0 aromatic heterocycles. The minimum atomic E-state index is -1.32. The zero-order valence-electron chi connectivity index (χ0n) is 18.7. The molecule has 1 heterocycles. The van der Waals surface area contributed by atoms with Crippen LogP contribution in [0.5, 0.6) is 0 Å². The first kappa shape index (κ1) is 24.1. The van der Waals surface area contributed by atoms with E-state index in [-0.39, 0.29) is 18.6 Å². The molecule has 3 aromatic rings. The van der Waals surface area contributed by atoms with Crippen LogP contribution in [0.1, 0.15) is 37.5 Å². The second-order valence-corrected chi connectivity index (χ2v) is 7.88. The number of hydrogen-bond donors (Lipinski definition) is 1. The van der Waals surface area contributed by atoms with Gasteiger partial charge in [0, 0.05) is 6.42 Å². The first-order valence-electron chi connectivity index (χ1n) is 11.1. The van der Waals surface area contributed by atoms with Crippen LogP contribution in [0.15, 0.2) is 91.0 Å². The van der Waals surface area contributed by atoms with Crippen LogP contribution < -0.4 is 0 Å². The second-order valence-electron chi connectivity index (χ2n) is 7.88. The van der Waals surface area contributed by atoms with Crippen molar-refractivity contribution >= 4 is 17.9 Å². The molecule has 1 unspecified atom stereocenters. The fraction of sp³-hybridized carbons (Fsp3) is 0.222. The summed E-state index contributed by atoms with van der Waals surface area (Å²) >= 11 is 0. The van der Waals surface area contributed by atoms with E-state index in [1.807, 2.05) is 0 Å². The molecule has 0 bridgehead atoms. The van der Waals surface area contributed by atoms with Crippen molar-refractivity contribution in [1.82, 2.24) is 0 Å². The Hall–Kier alpha value is -4.01. The van der Waals surface area contributed by atoms with Crippen molar-refractivity contribution in [3.63, 3.8) is 0 Å². The molecule has 180 valence electrons. The zero-order chi connectivity index (χ0) is 24.6. The molecule has 35 heavy (non-hydrogen) atoms. The van der Waals surface area contributed by atoms with E-state index in [9.17, 15) is 19.5 Å². The average molecular weight is 476 g/mol. The van der Waals surface area contributed by atoms with Gasteiger partial charge in [-0.1, -0.05) is 54.6 Å². The van der Waals surface area contributed by atoms with Crippen molar-refractivity contribution in [1.29, 1.82) is 0 Å². The number of hydrogen-bond acceptors (Lipinski definition) is 8. The number of aliphatic hydroxyl groups is 1. The van der Waals surface area contributed by atoms with Crippen LogP contribution in [0.4, 0.5) is 0 Å². The summed E-state index contributed by atoms with van der Waals surface area (Å²) in [6, 6.07) is 24.9. The number of carbonyl (C=O) groups is 3. The van der Waals surface area contributed by atoms with Gasteiger partial charge in [0.2, 0.25) is 0 Å². The summed E-state index contributed by atoms with van der Waals surface area (Å²) in [5.74, 6) is -1.93. The molecule has 4 atom stereocenters. The number of ether oxygens (including phenoxy) is 4. The molecule has 4 rings (SSSR count). The van der Waals surface area contributed by atoms with E-state index >= 15 is 0 Å². The van der Waals surface area contributed by atoms with Crippen LogP contribution in [-0.4, -0.2) is 54.2 Å². The summed E-state index contributed by atoms with van der Waals surface area (Å²) in [5.41, 5.74) is 0.911. The monoisotopic (exact) mass is 476 g/mol. The second kappa shape index (κ2) is 11.4. The van der Waals surface area contributed by atoms with Crippen LogP contribution in [0, 0.1) is 0 Å². The Morgan fingerprint density at radius 1 is 0.714 bits per heavy atom. The van der Waals surface area contributed by atoms with E-state index in [2.05, 4.69) is 0 Å². The number of rotatable bonds is 7. The topological polar surface area (TPSA) is 108 Å². The van der Waals surface area contributed by atoms with Crippen molar-refractivity contribution in [3.8, 4) is 0 Å². The maximum Gasteiger partial charge on any atom is 0.338 e. The minimum Gasteiger partial charge on any atom is -0.459 e. The maximum atomic E-state index is 12.8. The number of benzene rings is 3. The van der Waals surface area contributed by atoms with Crippen LogP contribution in [0.2, 0.25) is 0 Å². The third kappa shape index (κ3) is 6.32. The lowest BCUT2D eigenvalue weighted by Gasteiger charge is -2.38. The fourth-order valence-electron chi connectivity index (χ4n) is 3.67. The first-order chi connectivity index (χ1) is 17.0. The molecule has 8 nitrogen and oxygen atoms in total. The normalized spacial score (nSPS) is 21.5.